The molecule has 2 heterocycles. The number of nitriles is 1. The Kier molecular flexibility index (Phi) is 6.03. The molecule has 1 amide bonds. The molecule has 0 saturated heterocycles. The number of ether oxygens (including phenoxy) is 1. The third kappa shape index (κ3) is 4.70. The van der Waals surface area contributed by atoms with Crippen molar-refractivity contribution >= 4 is 29.4 Å². The molecular weight excluding hydrogens is 490 g/mol. The third-order valence-corrected chi connectivity index (χ3v) is 6.22. The van der Waals surface area contributed by atoms with Crippen LogP contribution in [0.3, 0.4) is 0 Å². The number of nitrogens with two attached hydrogens (primary N) is 1. The second kappa shape index (κ2) is 9.33. The highest BCUT2D eigenvalue weighted by atomic mass is 35.5. The van der Waals surface area contributed by atoms with Crippen molar-refractivity contribution in [1.82, 2.24) is 14.9 Å². The van der Waals surface area contributed by atoms with Gasteiger partial charge in [-0.25, -0.2) is 4.98 Å². The lowest BCUT2D eigenvalue weighted by Crippen LogP contribution is -2.59. The van der Waals surface area contributed by atoms with Crippen LogP contribution in [-0.4, -0.2) is 21.4 Å². The first-order valence-corrected chi connectivity index (χ1v) is 11.7. The first-order chi connectivity index (χ1) is 17.8. The highest BCUT2D eigenvalue weighted by Crippen LogP contribution is 2.36. The lowest BCUT2D eigenvalue weighted by Gasteiger charge is -2.33. The Bertz CT molecular complexity index is 1650. The van der Waals surface area contributed by atoms with Crippen LogP contribution in [0.1, 0.15) is 21.5 Å². The van der Waals surface area contributed by atoms with E-state index in [1.54, 1.807) is 55.0 Å². The summed E-state index contributed by atoms with van der Waals surface area (Å²) < 4.78 is 8.29. The van der Waals surface area contributed by atoms with Crippen LogP contribution in [0.2, 0.25) is 5.02 Å². The SMILES string of the molecule is Cc1cc(-c2ccc(C(N)=O)cc2)cc(Cl)c1OC1(Nc2ccc(C#N)cc2)N=c2ncn(C)c2=CN1. The van der Waals surface area contributed by atoms with Gasteiger partial charge in [-0.15, -0.1) is 0 Å². The van der Waals surface area contributed by atoms with Crippen molar-refractivity contribution in [3.8, 4) is 22.9 Å². The van der Waals surface area contributed by atoms with Crippen LogP contribution < -0.4 is 31.9 Å². The molecular formula is C27H22ClN7O2. The summed E-state index contributed by atoms with van der Waals surface area (Å²) in [7, 11) is 1.87. The summed E-state index contributed by atoms with van der Waals surface area (Å²) in [6.45, 7) is 1.89. The Morgan fingerprint density at radius 1 is 1.16 bits per heavy atom. The van der Waals surface area contributed by atoms with Gasteiger partial charge in [-0.05, 0) is 72.1 Å². The first-order valence-electron chi connectivity index (χ1n) is 11.3. The monoisotopic (exact) mass is 511 g/mol. The summed E-state index contributed by atoms with van der Waals surface area (Å²) in [5.41, 5.74) is 9.97. The molecule has 0 fully saturated rings. The Balaban J connectivity index is 1.53. The molecule has 184 valence electrons. The van der Waals surface area contributed by atoms with E-state index in [4.69, 9.17) is 32.3 Å². The molecule has 3 aromatic carbocycles. The van der Waals surface area contributed by atoms with Crippen LogP contribution in [0.4, 0.5) is 5.69 Å². The zero-order valence-corrected chi connectivity index (χ0v) is 20.7. The number of hydrogen-bond donors (Lipinski definition) is 3. The standard InChI is InChI=1S/C27H22ClN7O2/c1-16-11-20(18-5-7-19(8-6-18)25(30)36)12-22(28)24(16)37-27(33-21-9-3-17(13-29)4-10-21)32-14-23-26(34-27)31-15-35(23)2/h3-12,14-15,32-33H,1-2H3,(H2,30,36). The molecule has 0 radical (unpaired) electrons. The predicted octanol–water partition coefficient (Wildman–Crippen LogP) is 2.78. The Morgan fingerprint density at radius 3 is 2.54 bits per heavy atom. The molecule has 9 nitrogen and oxygen atoms in total. The number of nitrogens with zero attached hydrogens (tertiary/aromatic N) is 4. The molecule has 4 N–H and O–H groups in total. The molecule has 1 unspecified atom stereocenters. The number of nitrogens with one attached hydrogen (secondary N) is 2. The summed E-state index contributed by atoms with van der Waals surface area (Å²) in [6.07, 6.45) is 3.44. The van der Waals surface area contributed by atoms with Crippen molar-refractivity contribution in [1.29, 1.82) is 5.26 Å². The number of fused-ring (bicyclic) bond motifs is 1. The number of carbonyl (C=O) groups is 1. The minimum absolute atomic E-state index is 0.374. The number of aryl methyl sites for hydroxylation is 2. The molecule has 0 aliphatic carbocycles. The quantitative estimate of drug-likeness (QED) is 0.341. The van der Waals surface area contributed by atoms with Gasteiger partial charge in [0.15, 0.2) is 5.49 Å². The van der Waals surface area contributed by atoms with E-state index in [1.165, 1.54) is 0 Å². The van der Waals surface area contributed by atoms with E-state index in [0.717, 1.165) is 22.0 Å². The molecule has 1 aromatic heterocycles. The smallest absolute Gasteiger partial charge is 0.368 e. The summed E-state index contributed by atoms with van der Waals surface area (Å²) in [5, 5.41) is 16.8. The number of rotatable bonds is 6. The molecule has 10 heteroatoms. The van der Waals surface area contributed by atoms with Gasteiger partial charge in [0.05, 0.1) is 23.0 Å². The zero-order chi connectivity index (χ0) is 26.2. The third-order valence-electron chi connectivity index (χ3n) is 5.94. The second-order valence-corrected chi connectivity index (χ2v) is 8.98. The van der Waals surface area contributed by atoms with Crippen molar-refractivity contribution in [3.05, 3.63) is 99.5 Å². The highest BCUT2D eigenvalue weighted by molar-refractivity contribution is 6.32. The molecule has 37 heavy (non-hydrogen) atoms. The number of carbonyl (C=O) groups excluding carboxylic acids is 1. The topological polar surface area (TPSA) is 130 Å². The van der Waals surface area contributed by atoms with Crippen molar-refractivity contribution in [2.45, 2.75) is 12.9 Å². The Labute approximate surface area is 217 Å². The summed E-state index contributed by atoms with van der Waals surface area (Å²) >= 11 is 6.73. The van der Waals surface area contributed by atoms with Crippen molar-refractivity contribution in [2.24, 2.45) is 17.8 Å². The van der Waals surface area contributed by atoms with Gasteiger partial charge in [-0.2, -0.15) is 10.3 Å². The Hall–Kier alpha value is -4.81. The fourth-order valence-electron chi connectivity index (χ4n) is 3.99. The predicted molar refractivity (Wildman–Crippen MR) is 140 cm³/mol. The van der Waals surface area contributed by atoms with E-state index in [9.17, 15) is 4.79 Å². The van der Waals surface area contributed by atoms with Gasteiger partial charge in [0, 0.05) is 24.5 Å². The summed E-state index contributed by atoms with van der Waals surface area (Å²) in [4.78, 5) is 20.5. The van der Waals surface area contributed by atoms with E-state index in [-0.39, 0.29) is 0 Å². The molecule has 1 atom stereocenters. The van der Waals surface area contributed by atoms with Gasteiger partial charge in [-0.3, -0.25) is 4.79 Å². The number of halogens is 1. The van der Waals surface area contributed by atoms with E-state index in [1.807, 2.05) is 36.7 Å². The molecule has 0 bridgehead atoms. The summed E-state index contributed by atoms with van der Waals surface area (Å²) in [5.74, 6) is -1.53. The maximum absolute atomic E-state index is 11.4. The Morgan fingerprint density at radius 2 is 1.89 bits per heavy atom. The van der Waals surface area contributed by atoms with E-state index in [2.05, 4.69) is 21.7 Å². The maximum Gasteiger partial charge on any atom is 0.368 e. The lowest BCUT2D eigenvalue weighted by molar-refractivity contribution is 0.0833. The molecule has 0 spiro atoms. The molecule has 1 aliphatic heterocycles. The molecule has 0 saturated carbocycles. The fraction of sp³-hybridized carbons (Fsp3) is 0.111. The fourth-order valence-corrected chi connectivity index (χ4v) is 4.30. The van der Waals surface area contributed by atoms with Crippen molar-refractivity contribution in [2.75, 3.05) is 5.32 Å². The average molecular weight is 512 g/mol. The normalized spacial score (nSPS) is 15.8. The minimum Gasteiger partial charge on any atom is -0.430 e. The number of hydrogen-bond acceptors (Lipinski definition) is 7. The van der Waals surface area contributed by atoms with Crippen molar-refractivity contribution in [3.63, 3.8) is 0 Å². The van der Waals surface area contributed by atoms with Gasteiger partial charge < -0.3 is 25.7 Å². The second-order valence-electron chi connectivity index (χ2n) is 8.57. The van der Waals surface area contributed by atoms with E-state index in [0.29, 0.717) is 33.1 Å². The van der Waals surface area contributed by atoms with Gasteiger partial charge in [0.25, 0.3) is 0 Å². The van der Waals surface area contributed by atoms with E-state index >= 15 is 0 Å². The van der Waals surface area contributed by atoms with Gasteiger partial charge in [0.1, 0.15) is 11.1 Å². The van der Waals surface area contributed by atoms with Gasteiger partial charge in [-0.1, -0.05) is 23.7 Å². The largest absolute Gasteiger partial charge is 0.430 e. The molecule has 1 aliphatic rings. The van der Waals surface area contributed by atoms with Crippen molar-refractivity contribution < 1.29 is 9.53 Å². The van der Waals surface area contributed by atoms with Crippen LogP contribution >= 0.6 is 11.6 Å². The average Bonchev–Trinajstić information content (AvgIpc) is 3.26. The summed E-state index contributed by atoms with van der Waals surface area (Å²) in [6, 6.07) is 19.7. The lowest BCUT2D eigenvalue weighted by atomic mass is 10.0. The van der Waals surface area contributed by atoms with Crippen LogP contribution in [-0.2, 0) is 7.05 Å². The maximum atomic E-state index is 11.4. The van der Waals surface area contributed by atoms with Crippen LogP contribution in [0.5, 0.6) is 5.75 Å². The first kappa shape index (κ1) is 23.9. The van der Waals surface area contributed by atoms with Crippen LogP contribution in [0, 0.1) is 18.3 Å². The van der Waals surface area contributed by atoms with Crippen LogP contribution in [0.25, 0.3) is 17.3 Å². The number of benzene rings is 3. The number of aromatic nitrogens is 2. The van der Waals surface area contributed by atoms with Gasteiger partial charge >= 0.3 is 5.97 Å². The molecule has 4 aromatic rings. The van der Waals surface area contributed by atoms with Gasteiger partial charge in [0.2, 0.25) is 5.91 Å². The zero-order valence-electron chi connectivity index (χ0n) is 20.0. The number of amides is 1. The number of anilines is 1. The highest BCUT2D eigenvalue weighted by Gasteiger charge is 2.35. The van der Waals surface area contributed by atoms with E-state index < -0.39 is 11.9 Å². The van der Waals surface area contributed by atoms with Crippen LogP contribution in [0.15, 0.2) is 72.0 Å². The minimum atomic E-state index is -1.46. The molecule has 5 rings (SSSR count). The number of primary amides is 1. The number of imidazole rings is 1.